The van der Waals surface area contributed by atoms with Gasteiger partial charge in [-0.15, -0.1) is 0 Å². The Bertz CT molecular complexity index is 1620. The summed E-state index contributed by atoms with van der Waals surface area (Å²) in [5.74, 6) is -2.36. The molecule has 238 valence electrons. The number of likely N-dealkylation sites (tertiary alicyclic amines) is 1. The Morgan fingerprint density at radius 3 is 2.61 bits per heavy atom. The Labute approximate surface area is 256 Å². The number of carbonyl (C=O) groups is 3. The fourth-order valence-electron chi connectivity index (χ4n) is 5.73. The number of pyridine rings is 1. The van der Waals surface area contributed by atoms with Gasteiger partial charge in [0, 0.05) is 30.3 Å². The third kappa shape index (κ3) is 5.98. The van der Waals surface area contributed by atoms with Crippen molar-refractivity contribution in [3.63, 3.8) is 0 Å². The van der Waals surface area contributed by atoms with Crippen molar-refractivity contribution in [1.29, 1.82) is 0 Å². The summed E-state index contributed by atoms with van der Waals surface area (Å²) in [6.45, 7) is 7.22. The second kappa shape index (κ2) is 11.6. The van der Waals surface area contributed by atoms with E-state index in [1.807, 2.05) is 13.8 Å². The highest BCUT2D eigenvalue weighted by Gasteiger charge is 2.63. The third-order valence-corrected chi connectivity index (χ3v) is 10.9. The number of nitrogens with zero attached hydrogens (tertiary/aromatic N) is 2. The molecule has 13 heteroatoms. The van der Waals surface area contributed by atoms with E-state index in [-0.39, 0.29) is 49.3 Å². The van der Waals surface area contributed by atoms with Crippen LogP contribution in [0, 0.1) is 17.7 Å². The van der Waals surface area contributed by atoms with E-state index in [1.165, 1.54) is 30.3 Å². The summed E-state index contributed by atoms with van der Waals surface area (Å²) < 4.78 is 52.7. The quantitative estimate of drug-likeness (QED) is 0.360. The van der Waals surface area contributed by atoms with Gasteiger partial charge in [-0.3, -0.25) is 19.1 Å². The van der Waals surface area contributed by atoms with Crippen molar-refractivity contribution in [2.75, 3.05) is 13.7 Å². The molecule has 1 aromatic heterocycles. The zero-order chi connectivity index (χ0) is 32.0. The van der Waals surface area contributed by atoms with E-state index in [0.717, 1.165) is 0 Å². The summed E-state index contributed by atoms with van der Waals surface area (Å²) in [6.07, 6.45) is 5.78. The van der Waals surface area contributed by atoms with Crippen molar-refractivity contribution in [2.24, 2.45) is 11.8 Å². The van der Waals surface area contributed by atoms with Crippen LogP contribution in [0.5, 0.6) is 11.6 Å². The molecule has 1 aliphatic heterocycles. The fourth-order valence-corrected chi connectivity index (χ4v) is 7.04. The number of halogens is 1. The highest BCUT2D eigenvalue weighted by Crippen LogP contribution is 2.47. The van der Waals surface area contributed by atoms with Gasteiger partial charge in [0.05, 0.1) is 18.4 Å². The van der Waals surface area contributed by atoms with Crippen LogP contribution >= 0.6 is 0 Å². The maximum absolute atomic E-state index is 14.6. The molecule has 2 saturated carbocycles. The number of ether oxygens (including phenoxy) is 2. The van der Waals surface area contributed by atoms with Crippen LogP contribution in [0.1, 0.15) is 59.8 Å². The number of methoxy groups -OCH3 is 1. The molecule has 3 fully saturated rings. The lowest BCUT2D eigenvalue weighted by molar-refractivity contribution is -0.140. The van der Waals surface area contributed by atoms with Gasteiger partial charge in [-0.1, -0.05) is 26.0 Å². The van der Waals surface area contributed by atoms with Crippen molar-refractivity contribution in [2.45, 2.75) is 82.2 Å². The molecule has 0 radical (unpaired) electrons. The number of hydrogen-bond acceptors (Lipinski definition) is 8. The Hall–Kier alpha value is -3.74. The number of aromatic nitrogens is 1. The van der Waals surface area contributed by atoms with Crippen LogP contribution in [-0.2, 0) is 24.4 Å². The average Bonchev–Trinajstić information content (AvgIpc) is 3.83. The lowest BCUT2D eigenvalue weighted by Gasteiger charge is -2.27. The van der Waals surface area contributed by atoms with Gasteiger partial charge in [0.1, 0.15) is 17.7 Å². The van der Waals surface area contributed by atoms with Crippen molar-refractivity contribution in [3.8, 4) is 11.6 Å². The van der Waals surface area contributed by atoms with Crippen LogP contribution in [0.2, 0.25) is 0 Å². The maximum atomic E-state index is 14.6. The molecule has 1 aromatic carbocycles. The topological polar surface area (TPSA) is 144 Å². The summed E-state index contributed by atoms with van der Waals surface area (Å²) in [4.78, 5) is 46.3. The van der Waals surface area contributed by atoms with Crippen molar-refractivity contribution in [1.82, 2.24) is 19.9 Å². The first kappa shape index (κ1) is 31.7. The summed E-state index contributed by atoms with van der Waals surface area (Å²) in [7, 11) is -2.56. The predicted molar refractivity (Wildman–Crippen MR) is 161 cm³/mol. The van der Waals surface area contributed by atoms with Crippen LogP contribution in [-0.4, -0.2) is 72.1 Å². The zero-order valence-corrected chi connectivity index (χ0v) is 26.4. The van der Waals surface area contributed by atoms with Gasteiger partial charge in [0.15, 0.2) is 11.6 Å². The van der Waals surface area contributed by atoms with Crippen molar-refractivity contribution >= 4 is 38.5 Å². The number of nitrogens with one attached hydrogen (secondary N) is 2. The van der Waals surface area contributed by atoms with Crippen LogP contribution < -0.4 is 19.5 Å². The van der Waals surface area contributed by atoms with Crippen LogP contribution in [0.15, 0.2) is 36.5 Å². The molecule has 3 amide bonds. The number of hydrogen-bond donors (Lipinski definition) is 2. The van der Waals surface area contributed by atoms with Gasteiger partial charge in [0.2, 0.25) is 27.7 Å². The molecule has 2 heterocycles. The van der Waals surface area contributed by atoms with E-state index in [0.29, 0.717) is 23.6 Å². The molecule has 3 aliphatic rings. The third-order valence-electron chi connectivity index (χ3n) is 8.77. The normalized spacial score (nSPS) is 25.7. The number of benzene rings is 1. The second-order valence-electron chi connectivity index (χ2n) is 12.6. The molecule has 2 N–H and O–H groups in total. The lowest BCUT2D eigenvalue weighted by atomic mass is 10.1. The van der Waals surface area contributed by atoms with Gasteiger partial charge in [-0.05, 0) is 62.6 Å². The summed E-state index contributed by atoms with van der Waals surface area (Å²) in [5, 5.41) is 3.86. The molecule has 4 unspecified atom stereocenters. The Morgan fingerprint density at radius 1 is 1.25 bits per heavy atom. The summed E-state index contributed by atoms with van der Waals surface area (Å²) in [6, 6.07) is 3.52. The Balaban J connectivity index is 1.39. The zero-order valence-electron chi connectivity index (χ0n) is 25.6. The minimum atomic E-state index is -3.93. The van der Waals surface area contributed by atoms with E-state index in [2.05, 4.69) is 15.0 Å². The van der Waals surface area contributed by atoms with Crippen LogP contribution in [0.25, 0.3) is 10.8 Å². The minimum absolute atomic E-state index is 0.0255. The number of rotatable bonds is 11. The van der Waals surface area contributed by atoms with Crippen LogP contribution in [0.4, 0.5) is 4.39 Å². The number of allylic oxidation sites excluding steroid dienone is 1. The second-order valence-corrected chi connectivity index (χ2v) is 14.8. The highest BCUT2D eigenvalue weighted by atomic mass is 32.2. The molecule has 44 heavy (non-hydrogen) atoms. The molecule has 2 aliphatic carbocycles. The molecule has 0 bridgehead atoms. The van der Waals surface area contributed by atoms with E-state index >= 15 is 0 Å². The first-order valence-corrected chi connectivity index (χ1v) is 16.3. The number of carbonyl (C=O) groups excluding carboxylic acids is 3. The average molecular weight is 631 g/mol. The van der Waals surface area contributed by atoms with Crippen LogP contribution in [0.3, 0.4) is 0 Å². The first-order valence-electron chi connectivity index (χ1n) is 14.8. The van der Waals surface area contributed by atoms with Gasteiger partial charge < -0.3 is 19.7 Å². The fraction of sp³-hybridized carbons (Fsp3) is 0.548. The molecule has 11 nitrogen and oxygen atoms in total. The largest absolute Gasteiger partial charge is 0.494 e. The molecule has 2 aromatic rings. The molecule has 4 atom stereocenters. The Morgan fingerprint density at radius 2 is 1.98 bits per heavy atom. The predicted octanol–water partition coefficient (Wildman–Crippen LogP) is 3.23. The van der Waals surface area contributed by atoms with E-state index in [4.69, 9.17) is 9.47 Å². The molecule has 0 spiro atoms. The SMILES string of the molecule is CC=CC1CC1(NC(=O)C1CC(Oc2nccc3cc(OC)c(F)cc23)CN1C(=O)CC(C)C)C(=O)NS(=O)(=O)C1(C)CC1. The standard InChI is InChI=1S/C31H39FN4O7S/c1-6-7-20-16-31(20,29(39)35-44(40,41)30(4)9-10-30)34-27(38)24-14-21(17-36(24)26(37)12-18(2)3)43-28-22-15-23(32)25(42-5)13-19(22)8-11-33-28/h6-8,11,13,15,18,20-21,24H,9-10,12,14,16-17H2,1-5H3,(H,34,38)(H,35,39). The smallest absolute Gasteiger partial charge is 0.259 e. The van der Waals surface area contributed by atoms with E-state index < -0.39 is 56.0 Å². The minimum Gasteiger partial charge on any atom is -0.494 e. The summed E-state index contributed by atoms with van der Waals surface area (Å²) in [5.41, 5.74) is -1.46. The Kier molecular flexibility index (Phi) is 8.38. The van der Waals surface area contributed by atoms with E-state index in [9.17, 15) is 27.2 Å². The molecular formula is C31H39FN4O7S. The molecule has 1 saturated heterocycles. The van der Waals surface area contributed by atoms with Crippen molar-refractivity contribution in [3.05, 3.63) is 42.4 Å². The molecular weight excluding hydrogens is 591 g/mol. The number of sulfonamides is 1. The highest BCUT2D eigenvalue weighted by molar-refractivity contribution is 7.91. The lowest BCUT2D eigenvalue weighted by Crippen LogP contribution is -2.57. The van der Waals surface area contributed by atoms with Crippen molar-refractivity contribution < 1.29 is 36.7 Å². The number of fused-ring (bicyclic) bond motifs is 1. The van der Waals surface area contributed by atoms with Gasteiger partial charge in [0.25, 0.3) is 5.91 Å². The van der Waals surface area contributed by atoms with Gasteiger partial charge >= 0.3 is 0 Å². The number of amides is 3. The van der Waals surface area contributed by atoms with Gasteiger partial charge in [-0.2, -0.15) is 0 Å². The summed E-state index contributed by atoms with van der Waals surface area (Å²) >= 11 is 0. The first-order chi connectivity index (χ1) is 20.7. The molecule has 5 rings (SSSR count). The van der Waals surface area contributed by atoms with E-state index in [1.54, 1.807) is 32.1 Å². The maximum Gasteiger partial charge on any atom is 0.259 e. The van der Waals surface area contributed by atoms with Gasteiger partial charge in [-0.25, -0.2) is 17.8 Å². The monoisotopic (exact) mass is 630 g/mol.